The van der Waals surface area contributed by atoms with Crippen molar-refractivity contribution in [1.29, 1.82) is 0 Å². The predicted octanol–water partition coefficient (Wildman–Crippen LogP) is 5.47. The van der Waals surface area contributed by atoms with Crippen LogP contribution in [-0.4, -0.2) is 14.2 Å². The summed E-state index contributed by atoms with van der Waals surface area (Å²) in [7, 11) is 3.24. The number of rotatable bonds is 4. The molecule has 1 atom stereocenters. The van der Waals surface area contributed by atoms with Crippen molar-refractivity contribution in [2.45, 2.75) is 19.2 Å². The lowest BCUT2D eigenvalue weighted by atomic mass is 10.1. The highest BCUT2D eigenvalue weighted by Gasteiger charge is 2.20. The maximum absolute atomic E-state index is 6.63. The highest BCUT2D eigenvalue weighted by Crippen LogP contribution is 2.42. The summed E-state index contributed by atoms with van der Waals surface area (Å²) < 4.78 is 11.5. The molecular formula is C15H16BrClO2S. The minimum Gasteiger partial charge on any atom is -0.493 e. The predicted molar refractivity (Wildman–Crippen MR) is 88.7 cm³/mol. The summed E-state index contributed by atoms with van der Waals surface area (Å²) in [5.41, 5.74) is 2.25. The molecule has 0 saturated heterocycles. The van der Waals surface area contributed by atoms with Gasteiger partial charge in [-0.1, -0.05) is 15.9 Å². The SMILES string of the molecule is COc1cc(Br)c(C(Cl)c2cc(C)c(C)s2)cc1OC. The zero-order chi connectivity index (χ0) is 14.9. The molecule has 0 radical (unpaired) electrons. The van der Waals surface area contributed by atoms with Crippen LogP contribution in [0.4, 0.5) is 0 Å². The van der Waals surface area contributed by atoms with Crippen LogP contribution < -0.4 is 9.47 Å². The highest BCUT2D eigenvalue weighted by molar-refractivity contribution is 9.10. The molecular weight excluding hydrogens is 360 g/mol. The number of methoxy groups -OCH3 is 2. The van der Waals surface area contributed by atoms with Gasteiger partial charge in [-0.2, -0.15) is 0 Å². The van der Waals surface area contributed by atoms with Gasteiger partial charge in [-0.15, -0.1) is 22.9 Å². The average Bonchev–Trinajstić information content (AvgIpc) is 2.77. The van der Waals surface area contributed by atoms with E-state index < -0.39 is 0 Å². The topological polar surface area (TPSA) is 18.5 Å². The Balaban J connectivity index is 2.46. The molecule has 2 aromatic rings. The second-order valence-corrected chi connectivity index (χ2v) is 7.06. The molecule has 0 aliphatic heterocycles. The van der Waals surface area contributed by atoms with E-state index in [4.69, 9.17) is 21.1 Å². The van der Waals surface area contributed by atoms with Crippen molar-refractivity contribution < 1.29 is 9.47 Å². The molecule has 1 aromatic heterocycles. The van der Waals surface area contributed by atoms with E-state index in [9.17, 15) is 0 Å². The Morgan fingerprint density at radius 2 is 1.70 bits per heavy atom. The van der Waals surface area contributed by atoms with Crippen LogP contribution in [0.3, 0.4) is 0 Å². The van der Waals surface area contributed by atoms with Crippen LogP contribution in [0, 0.1) is 13.8 Å². The van der Waals surface area contributed by atoms with Gasteiger partial charge < -0.3 is 9.47 Å². The van der Waals surface area contributed by atoms with Crippen molar-refractivity contribution in [3.05, 3.63) is 43.6 Å². The third-order valence-corrected chi connectivity index (χ3v) is 5.71. The van der Waals surface area contributed by atoms with Crippen LogP contribution >= 0.6 is 38.9 Å². The lowest BCUT2D eigenvalue weighted by molar-refractivity contribution is 0.354. The summed E-state index contributed by atoms with van der Waals surface area (Å²) in [5, 5.41) is -0.207. The van der Waals surface area contributed by atoms with Crippen molar-refractivity contribution in [2.75, 3.05) is 14.2 Å². The standard InChI is InChI=1S/C15H16BrClO2S/c1-8-5-14(20-9(8)2)15(17)10-6-12(18-3)13(19-4)7-11(10)16/h5-7,15H,1-4H3. The Hall–Kier alpha value is -0.710. The van der Waals surface area contributed by atoms with Crippen molar-refractivity contribution in [1.82, 2.24) is 0 Å². The summed E-state index contributed by atoms with van der Waals surface area (Å²) in [5.74, 6) is 1.37. The molecule has 2 rings (SSSR count). The van der Waals surface area contributed by atoms with Crippen molar-refractivity contribution in [3.63, 3.8) is 0 Å². The number of hydrogen-bond acceptors (Lipinski definition) is 3. The first-order valence-corrected chi connectivity index (χ1v) is 8.15. The number of aryl methyl sites for hydroxylation is 2. The van der Waals surface area contributed by atoms with Crippen LogP contribution in [-0.2, 0) is 0 Å². The number of ether oxygens (including phenoxy) is 2. The highest BCUT2D eigenvalue weighted by atomic mass is 79.9. The molecule has 1 aromatic carbocycles. The maximum atomic E-state index is 6.63. The summed E-state index contributed by atoms with van der Waals surface area (Å²) in [6.07, 6.45) is 0. The molecule has 0 amide bonds. The fourth-order valence-electron chi connectivity index (χ4n) is 1.94. The lowest BCUT2D eigenvalue weighted by Gasteiger charge is -2.15. The van der Waals surface area contributed by atoms with Gasteiger partial charge in [-0.3, -0.25) is 0 Å². The second kappa shape index (κ2) is 6.37. The molecule has 0 aliphatic rings. The van der Waals surface area contributed by atoms with Crippen LogP contribution in [0.2, 0.25) is 0 Å². The first kappa shape index (κ1) is 15.7. The molecule has 0 spiro atoms. The Morgan fingerprint density at radius 1 is 1.10 bits per heavy atom. The molecule has 1 unspecified atom stereocenters. The molecule has 0 bridgehead atoms. The van der Waals surface area contributed by atoms with E-state index in [0.29, 0.717) is 11.5 Å². The summed E-state index contributed by atoms with van der Waals surface area (Å²) in [6, 6.07) is 5.95. The maximum Gasteiger partial charge on any atom is 0.161 e. The van der Waals surface area contributed by atoms with E-state index in [1.807, 2.05) is 12.1 Å². The van der Waals surface area contributed by atoms with E-state index in [0.717, 1.165) is 14.9 Å². The largest absolute Gasteiger partial charge is 0.493 e. The zero-order valence-electron chi connectivity index (χ0n) is 11.8. The quantitative estimate of drug-likeness (QED) is 0.659. The Labute approximate surface area is 136 Å². The minimum absolute atomic E-state index is 0.207. The number of halogens is 2. The van der Waals surface area contributed by atoms with Crippen LogP contribution in [0.15, 0.2) is 22.7 Å². The van der Waals surface area contributed by atoms with Gasteiger partial charge in [0, 0.05) is 14.2 Å². The van der Waals surface area contributed by atoms with Gasteiger partial charge >= 0.3 is 0 Å². The van der Waals surface area contributed by atoms with E-state index >= 15 is 0 Å². The summed E-state index contributed by atoms with van der Waals surface area (Å²) in [4.78, 5) is 2.43. The van der Waals surface area contributed by atoms with Gasteiger partial charge in [0.1, 0.15) is 0 Å². The summed E-state index contributed by atoms with van der Waals surface area (Å²) in [6.45, 7) is 4.21. The smallest absolute Gasteiger partial charge is 0.161 e. The van der Waals surface area contributed by atoms with Gasteiger partial charge in [0.25, 0.3) is 0 Å². The number of benzene rings is 1. The van der Waals surface area contributed by atoms with E-state index in [1.54, 1.807) is 25.6 Å². The molecule has 0 N–H and O–H groups in total. The van der Waals surface area contributed by atoms with Crippen molar-refractivity contribution in [3.8, 4) is 11.5 Å². The average molecular weight is 376 g/mol. The van der Waals surface area contributed by atoms with Gasteiger partial charge in [-0.05, 0) is 43.2 Å². The normalized spacial score (nSPS) is 12.3. The van der Waals surface area contributed by atoms with Gasteiger partial charge in [-0.25, -0.2) is 0 Å². The van der Waals surface area contributed by atoms with Crippen LogP contribution in [0.5, 0.6) is 11.5 Å². The van der Waals surface area contributed by atoms with E-state index in [-0.39, 0.29) is 5.38 Å². The molecule has 1 heterocycles. The van der Waals surface area contributed by atoms with Crippen LogP contribution in [0.1, 0.15) is 26.3 Å². The van der Waals surface area contributed by atoms with Crippen LogP contribution in [0.25, 0.3) is 0 Å². The van der Waals surface area contributed by atoms with Gasteiger partial charge in [0.05, 0.1) is 19.6 Å². The molecule has 5 heteroatoms. The Kier molecular flexibility index (Phi) is 4.99. The molecule has 0 fully saturated rings. The number of thiophene rings is 1. The lowest BCUT2D eigenvalue weighted by Crippen LogP contribution is -1.97. The molecule has 2 nitrogen and oxygen atoms in total. The monoisotopic (exact) mass is 374 g/mol. The fraction of sp³-hybridized carbons (Fsp3) is 0.333. The van der Waals surface area contributed by atoms with Crippen molar-refractivity contribution >= 4 is 38.9 Å². The number of alkyl halides is 1. The first-order chi connectivity index (χ1) is 9.47. The minimum atomic E-state index is -0.207. The molecule has 20 heavy (non-hydrogen) atoms. The Morgan fingerprint density at radius 3 is 2.20 bits per heavy atom. The summed E-state index contributed by atoms with van der Waals surface area (Å²) >= 11 is 11.9. The molecule has 108 valence electrons. The third-order valence-electron chi connectivity index (χ3n) is 3.21. The van der Waals surface area contributed by atoms with Crippen molar-refractivity contribution in [2.24, 2.45) is 0 Å². The third kappa shape index (κ3) is 2.97. The Bertz CT molecular complexity index is 605. The first-order valence-electron chi connectivity index (χ1n) is 6.10. The number of hydrogen-bond donors (Lipinski definition) is 0. The molecule has 0 saturated carbocycles. The van der Waals surface area contributed by atoms with Gasteiger partial charge in [0.2, 0.25) is 0 Å². The van der Waals surface area contributed by atoms with E-state index in [1.165, 1.54) is 10.4 Å². The van der Waals surface area contributed by atoms with E-state index in [2.05, 4.69) is 35.8 Å². The zero-order valence-corrected chi connectivity index (χ0v) is 14.9. The molecule has 0 aliphatic carbocycles. The van der Waals surface area contributed by atoms with Gasteiger partial charge in [0.15, 0.2) is 11.5 Å². The second-order valence-electron chi connectivity index (χ2n) is 4.48. The fourth-order valence-corrected chi connectivity index (χ4v) is 4.04.